The van der Waals surface area contributed by atoms with Crippen LogP contribution in [0.2, 0.25) is 0 Å². The third-order valence-electron chi connectivity index (χ3n) is 5.16. The Balaban J connectivity index is 1.26. The number of rotatable bonds is 7. The van der Waals surface area contributed by atoms with Crippen LogP contribution >= 0.6 is 0 Å². The summed E-state index contributed by atoms with van der Waals surface area (Å²) in [6, 6.07) is 1.74. The molecule has 1 saturated carbocycles. The van der Waals surface area contributed by atoms with E-state index in [2.05, 4.69) is 15.2 Å². The first-order valence-electron chi connectivity index (χ1n) is 9.45. The summed E-state index contributed by atoms with van der Waals surface area (Å²) in [6.45, 7) is 4.42. The molecule has 0 bridgehead atoms. The topological polar surface area (TPSA) is 97.4 Å². The van der Waals surface area contributed by atoms with Gasteiger partial charge in [0.25, 0.3) is 5.91 Å². The molecule has 1 aliphatic carbocycles. The smallest absolute Gasteiger partial charge is 0.274 e. The Kier molecular flexibility index (Phi) is 4.67. The molecular weight excluding hydrogens is 348 g/mol. The second-order valence-corrected chi connectivity index (χ2v) is 7.30. The molecule has 144 valence electrons. The third kappa shape index (κ3) is 3.72. The second kappa shape index (κ2) is 7.13. The van der Waals surface area contributed by atoms with Crippen LogP contribution in [0.4, 0.5) is 0 Å². The normalized spacial score (nSPS) is 17.0. The summed E-state index contributed by atoms with van der Waals surface area (Å²) >= 11 is 0. The van der Waals surface area contributed by atoms with Gasteiger partial charge in [-0.15, -0.1) is 0 Å². The molecule has 2 aliphatic rings. The van der Waals surface area contributed by atoms with Crippen molar-refractivity contribution >= 4 is 11.8 Å². The zero-order chi connectivity index (χ0) is 19.0. The highest BCUT2D eigenvalue weighted by atomic mass is 16.5. The first kappa shape index (κ1) is 17.7. The number of carbonyl (C=O) groups excluding carboxylic acids is 2. The van der Waals surface area contributed by atoms with Gasteiger partial charge < -0.3 is 14.3 Å². The van der Waals surface area contributed by atoms with Crippen molar-refractivity contribution in [2.24, 2.45) is 5.92 Å². The molecule has 3 heterocycles. The Bertz CT molecular complexity index is 834. The third-order valence-corrected chi connectivity index (χ3v) is 5.16. The lowest BCUT2D eigenvalue weighted by Gasteiger charge is -2.36. The minimum absolute atomic E-state index is 0.0642. The van der Waals surface area contributed by atoms with Crippen LogP contribution in [0.25, 0.3) is 0 Å². The molecule has 4 rings (SSSR count). The highest BCUT2D eigenvalue weighted by Gasteiger charge is 2.37. The van der Waals surface area contributed by atoms with Gasteiger partial charge in [-0.05, 0) is 25.8 Å². The van der Waals surface area contributed by atoms with E-state index in [4.69, 9.17) is 4.52 Å². The Labute approximate surface area is 157 Å². The minimum atomic E-state index is -0.0709. The first-order chi connectivity index (χ1) is 13.0. The fourth-order valence-electron chi connectivity index (χ4n) is 3.17. The standard InChI is InChI=1S/C18H24N6O3/c1-3-24-9-6-14(20-24)18(26)23-10-13(11-23)16-19-15(21-27-16)7-8-22(2)17(25)12-4-5-12/h6,9,12-13H,3-5,7-8,10-11H2,1-2H3. The largest absolute Gasteiger partial charge is 0.345 e. The predicted octanol–water partition coefficient (Wildman–Crippen LogP) is 0.937. The summed E-state index contributed by atoms with van der Waals surface area (Å²) in [5.41, 5.74) is 0.463. The van der Waals surface area contributed by atoms with Gasteiger partial charge in [0.05, 0.1) is 5.92 Å². The molecule has 0 spiro atoms. The number of aromatic nitrogens is 4. The van der Waals surface area contributed by atoms with E-state index in [-0.39, 0.29) is 23.7 Å². The molecule has 1 saturated heterocycles. The van der Waals surface area contributed by atoms with Gasteiger partial charge in [-0.1, -0.05) is 5.16 Å². The lowest BCUT2D eigenvalue weighted by molar-refractivity contribution is -0.131. The maximum absolute atomic E-state index is 12.4. The Morgan fingerprint density at radius 2 is 2.11 bits per heavy atom. The highest BCUT2D eigenvalue weighted by molar-refractivity contribution is 5.92. The molecule has 0 atom stereocenters. The molecule has 0 unspecified atom stereocenters. The molecule has 2 aromatic rings. The summed E-state index contributed by atoms with van der Waals surface area (Å²) < 4.78 is 7.09. The molecule has 2 amide bonds. The van der Waals surface area contributed by atoms with Crippen molar-refractivity contribution in [2.45, 2.75) is 38.6 Å². The molecule has 9 heteroatoms. The van der Waals surface area contributed by atoms with Gasteiger partial charge in [-0.2, -0.15) is 10.1 Å². The predicted molar refractivity (Wildman–Crippen MR) is 94.9 cm³/mol. The van der Waals surface area contributed by atoms with Gasteiger partial charge >= 0.3 is 0 Å². The number of hydrogen-bond donors (Lipinski definition) is 0. The molecule has 27 heavy (non-hydrogen) atoms. The number of carbonyl (C=O) groups is 2. The van der Waals surface area contributed by atoms with Crippen molar-refractivity contribution in [3.63, 3.8) is 0 Å². The van der Waals surface area contributed by atoms with Crippen LogP contribution in [-0.4, -0.2) is 68.2 Å². The Hall–Kier alpha value is -2.71. The Morgan fingerprint density at radius 1 is 1.33 bits per heavy atom. The van der Waals surface area contributed by atoms with Crippen molar-refractivity contribution in [1.29, 1.82) is 0 Å². The quantitative estimate of drug-likeness (QED) is 0.717. The number of hydrogen-bond acceptors (Lipinski definition) is 6. The van der Waals surface area contributed by atoms with Gasteiger partial charge in [-0.3, -0.25) is 14.3 Å². The lowest BCUT2D eigenvalue weighted by atomic mass is 10.00. The van der Waals surface area contributed by atoms with Crippen molar-refractivity contribution in [3.05, 3.63) is 29.7 Å². The van der Waals surface area contributed by atoms with Crippen LogP contribution in [-0.2, 0) is 17.8 Å². The SMILES string of the molecule is CCn1ccc(C(=O)N2CC(c3nc(CCN(C)C(=O)C4CC4)no3)C2)n1. The Morgan fingerprint density at radius 3 is 2.78 bits per heavy atom. The average molecular weight is 372 g/mol. The van der Waals surface area contributed by atoms with Gasteiger partial charge in [0.15, 0.2) is 5.82 Å². The fraction of sp³-hybridized carbons (Fsp3) is 0.611. The van der Waals surface area contributed by atoms with E-state index in [1.807, 2.05) is 14.0 Å². The molecule has 0 radical (unpaired) electrons. The first-order valence-corrected chi connectivity index (χ1v) is 9.45. The highest BCUT2D eigenvalue weighted by Crippen LogP contribution is 2.30. The van der Waals surface area contributed by atoms with Gasteiger partial charge in [0, 0.05) is 51.8 Å². The number of nitrogens with zero attached hydrogens (tertiary/aromatic N) is 6. The van der Waals surface area contributed by atoms with E-state index in [9.17, 15) is 9.59 Å². The van der Waals surface area contributed by atoms with E-state index in [1.54, 1.807) is 26.7 Å². The van der Waals surface area contributed by atoms with Gasteiger partial charge in [0.1, 0.15) is 5.69 Å². The van der Waals surface area contributed by atoms with E-state index in [0.717, 1.165) is 19.4 Å². The number of amides is 2. The van der Waals surface area contributed by atoms with Crippen LogP contribution in [0.15, 0.2) is 16.8 Å². The summed E-state index contributed by atoms with van der Waals surface area (Å²) in [5.74, 6) is 1.58. The van der Waals surface area contributed by atoms with Gasteiger partial charge in [-0.25, -0.2) is 0 Å². The molecule has 1 aliphatic heterocycles. The van der Waals surface area contributed by atoms with Crippen LogP contribution in [0, 0.1) is 5.92 Å². The zero-order valence-electron chi connectivity index (χ0n) is 15.7. The van der Waals surface area contributed by atoms with Crippen molar-refractivity contribution in [2.75, 3.05) is 26.7 Å². The summed E-state index contributed by atoms with van der Waals surface area (Å²) in [6.07, 6.45) is 4.39. The molecule has 0 aromatic carbocycles. The number of likely N-dealkylation sites (N-methyl/N-ethyl adjacent to an activating group) is 1. The second-order valence-electron chi connectivity index (χ2n) is 7.30. The fourth-order valence-corrected chi connectivity index (χ4v) is 3.17. The molecule has 9 nitrogen and oxygen atoms in total. The van der Waals surface area contributed by atoms with Crippen molar-refractivity contribution in [3.8, 4) is 0 Å². The molecular formula is C18H24N6O3. The molecule has 0 N–H and O–H groups in total. The summed E-state index contributed by atoms with van der Waals surface area (Å²) in [7, 11) is 1.82. The van der Waals surface area contributed by atoms with Crippen LogP contribution in [0.3, 0.4) is 0 Å². The summed E-state index contributed by atoms with van der Waals surface area (Å²) in [5, 5.41) is 8.26. The zero-order valence-corrected chi connectivity index (χ0v) is 15.7. The van der Waals surface area contributed by atoms with Crippen LogP contribution in [0.5, 0.6) is 0 Å². The van der Waals surface area contributed by atoms with Crippen molar-refractivity contribution in [1.82, 2.24) is 29.7 Å². The van der Waals surface area contributed by atoms with E-state index >= 15 is 0 Å². The average Bonchev–Trinajstić information content (AvgIpc) is 3.18. The number of likely N-dealkylation sites (tertiary alicyclic amines) is 1. The van der Waals surface area contributed by atoms with E-state index in [1.165, 1.54) is 0 Å². The van der Waals surface area contributed by atoms with E-state index in [0.29, 0.717) is 43.5 Å². The minimum Gasteiger partial charge on any atom is -0.345 e. The van der Waals surface area contributed by atoms with Gasteiger partial charge in [0.2, 0.25) is 11.8 Å². The molecule has 2 fully saturated rings. The molecule has 2 aromatic heterocycles. The number of aryl methyl sites for hydroxylation is 1. The summed E-state index contributed by atoms with van der Waals surface area (Å²) in [4.78, 5) is 32.2. The van der Waals surface area contributed by atoms with Crippen LogP contribution < -0.4 is 0 Å². The van der Waals surface area contributed by atoms with E-state index < -0.39 is 0 Å². The van der Waals surface area contributed by atoms with Crippen LogP contribution in [0.1, 0.15) is 47.9 Å². The maximum Gasteiger partial charge on any atom is 0.274 e. The monoisotopic (exact) mass is 372 g/mol. The maximum atomic E-state index is 12.4. The van der Waals surface area contributed by atoms with Crippen molar-refractivity contribution < 1.29 is 14.1 Å². The lowest BCUT2D eigenvalue weighted by Crippen LogP contribution is -2.48.